The van der Waals surface area contributed by atoms with E-state index in [9.17, 15) is 86.3 Å². The van der Waals surface area contributed by atoms with Gasteiger partial charge in [-0.05, 0) is 187 Å². The highest BCUT2D eigenvalue weighted by Crippen LogP contribution is 2.59. The molecule has 14 unspecified atom stereocenters. The molecule has 0 saturated heterocycles. The fourth-order valence-electron chi connectivity index (χ4n) is 19.2. The number of rotatable bonds is 57. The van der Waals surface area contributed by atoms with Crippen LogP contribution in [-0.2, 0) is 162 Å². The number of esters is 14. The molecule has 0 aliphatic rings. The van der Waals surface area contributed by atoms with Gasteiger partial charge in [0.1, 0.15) is 24.3 Å². The van der Waals surface area contributed by atoms with Gasteiger partial charge in [-0.3, -0.25) is 86.3 Å². The maximum Gasteiger partial charge on any atom is 0.312 e. The Morgan fingerprint density at radius 3 is 0.630 bits per heavy atom. The smallest absolute Gasteiger partial charge is 0.312 e. The van der Waals surface area contributed by atoms with Gasteiger partial charge in [0.25, 0.3) is 12.9 Å². The SMILES string of the molecule is COC(=O)C(C)(C)CC(C)(CC(C)(CC(C)(CC(C)(CC(C)(CC(C)(CC(C)(CC(C)(CC(C)(CC(C)(CC(C)(CC(C)(CC(C)(CSCCC(=O)CC(=O)CCSCC(COC=O)OC=O)C(=O)OC)C(=O)OC)C(=O)OC)C(=O)OC)C(=O)OC)C(=O)OC)C(=O)OC)C(=O)OC)C(=O)OC)C(=O)OC)C(=O)OC)C(=O)OC)C(=O)OC. The van der Waals surface area contributed by atoms with Gasteiger partial charge >= 0.3 is 83.6 Å². The average molecular weight is 1740 g/mol. The predicted molar refractivity (Wildman–Crippen MR) is 429 cm³/mol. The van der Waals surface area contributed by atoms with Crippen LogP contribution in [0, 0.1) is 75.8 Å². The highest BCUT2D eigenvalue weighted by atomic mass is 32.2. The normalized spacial score (nSPS) is 18.3. The molecule has 0 bridgehead atoms. The summed E-state index contributed by atoms with van der Waals surface area (Å²) in [4.78, 5) is 251. The number of methoxy groups -OCH3 is 14. The van der Waals surface area contributed by atoms with Crippen LogP contribution in [0.2, 0.25) is 0 Å². The van der Waals surface area contributed by atoms with Gasteiger partial charge in [0, 0.05) is 35.9 Å². The summed E-state index contributed by atoms with van der Waals surface area (Å²) >= 11 is 2.37. The van der Waals surface area contributed by atoms with Crippen molar-refractivity contribution in [1.82, 2.24) is 0 Å². The summed E-state index contributed by atoms with van der Waals surface area (Å²) in [6, 6.07) is 0. The molecule has 36 heteroatoms. The standard InChI is InChI=1S/C83H132O34S2/c1-70(2,56(88)102-16)37-71(3,57(89)103-17)38-72(4,58(90)104-18)39-73(5,59(91)105-19)40-74(6,60(92)106-20)41-75(7,61(93)107-21)42-76(8,62(94)108-22)43-77(9,63(95)109-23)44-78(10,64(96)110-24)45-79(11,65(97)111-25)46-80(12,66(98)112-26)47-81(13,67(99)113-27)48-82(14,68(100)114-28)49-83(15,69(101)115-29)50-119-33-31-54(87)34-53(86)30-32-118-36-55(117-52-85)35-116-51-84/h51-52,55H,30-50H2,1-29H3. The van der Waals surface area contributed by atoms with E-state index < -0.39 is 255 Å². The van der Waals surface area contributed by atoms with Crippen LogP contribution in [0.25, 0.3) is 0 Å². The number of Topliss-reactive ketones (excluding diaryl/α,β-unsaturated/α-hetero) is 2. The van der Waals surface area contributed by atoms with Crippen molar-refractivity contribution in [2.45, 2.75) is 213 Å². The average Bonchev–Trinajstić information content (AvgIpc) is 0.754. The van der Waals surface area contributed by atoms with Gasteiger partial charge in [-0.15, -0.1) is 0 Å². The first-order valence-electron chi connectivity index (χ1n) is 38.2. The topological polar surface area (TPSA) is 455 Å². The lowest BCUT2D eigenvalue weighted by Gasteiger charge is -2.47. The lowest BCUT2D eigenvalue weighted by Crippen LogP contribution is -2.51. The number of carbonyl (C=O) groups is 18. The Morgan fingerprint density at radius 2 is 0.437 bits per heavy atom. The molecule has 0 amide bonds. The molecule has 0 rings (SSSR count). The molecule has 0 saturated carbocycles. The highest BCUT2D eigenvalue weighted by Gasteiger charge is 2.63. The van der Waals surface area contributed by atoms with Gasteiger partial charge in [0.2, 0.25) is 0 Å². The molecule has 14 atom stereocenters. The molecule has 0 fully saturated rings. The Morgan fingerprint density at radius 1 is 0.252 bits per heavy atom. The van der Waals surface area contributed by atoms with E-state index in [4.69, 9.17) is 71.1 Å². The molecule has 0 aliphatic heterocycles. The summed E-state index contributed by atoms with van der Waals surface area (Å²) in [7, 11) is 14.8. The molecule has 34 nitrogen and oxygen atoms in total. The van der Waals surface area contributed by atoms with E-state index in [2.05, 4.69) is 4.74 Å². The van der Waals surface area contributed by atoms with Gasteiger partial charge < -0.3 is 75.8 Å². The molecule has 0 aromatic heterocycles. The third-order valence-corrected chi connectivity index (χ3v) is 25.0. The Hall–Kier alpha value is -8.44. The second kappa shape index (κ2) is 46.0. The fourth-order valence-corrected chi connectivity index (χ4v) is 21.3. The molecule has 0 N–H and O–H groups in total. The first-order chi connectivity index (χ1) is 54.7. The van der Waals surface area contributed by atoms with Gasteiger partial charge in [0.05, 0.1) is 182 Å². The minimum atomic E-state index is -2.13. The van der Waals surface area contributed by atoms with Crippen LogP contribution >= 0.6 is 23.5 Å². The summed E-state index contributed by atoms with van der Waals surface area (Å²) in [6.45, 7) is 21.2. The molecule has 119 heavy (non-hydrogen) atoms. The summed E-state index contributed by atoms with van der Waals surface area (Å²) < 4.78 is 85.0. The van der Waals surface area contributed by atoms with Crippen LogP contribution in [-0.4, -0.2) is 243 Å². The van der Waals surface area contributed by atoms with Crippen LogP contribution in [0.5, 0.6) is 0 Å². The quantitative estimate of drug-likeness (QED) is 0.0180. The molecule has 0 spiro atoms. The third-order valence-electron chi connectivity index (χ3n) is 22.5. The second-order valence-electron chi connectivity index (χ2n) is 35.5. The second-order valence-corrected chi connectivity index (χ2v) is 37.8. The van der Waals surface area contributed by atoms with Crippen molar-refractivity contribution in [3.05, 3.63) is 0 Å². The molecule has 0 aromatic rings. The number of ketones is 2. The molecule has 0 aromatic carbocycles. The molecule has 680 valence electrons. The lowest BCUT2D eigenvalue weighted by atomic mass is 9.55. The van der Waals surface area contributed by atoms with Crippen LogP contribution < -0.4 is 0 Å². The van der Waals surface area contributed by atoms with E-state index in [0.29, 0.717) is 0 Å². The summed E-state index contributed by atoms with van der Waals surface area (Å²) in [5.41, 5.74) is -27.1. The summed E-state index contributed by atoms with van der Waals surface area (Å²) in [5, 5.41) is 0. The molecule has 0 heterocycles. The Balaban J connectivity index is 8.47. The minimum Gasteiger partial charge on any atom is -0.469 e. The number of ether oxygens (including phenoxy) is 16. The zero-order chi connectivity index (χ0) is 92.8. The number of hydrogen-bond donors (Lipinski definition) is 0. The molecular weight excluding hydrogens is 1610 g/mol. The maximum absolute atomic E-state index is 15.0. The Labute approximate surface area is 708 Å². The number of carbonyl (C=O) groups excluding carboxylic acids is 18. The molecular formula is C83H132O34S2. The van der Waals surface area contributed by atoms with Gasteiger partial charge in [-0.1, -0.05) is 0 Å². The van der Waals surface area contributed by atoms with Crippen molar-refractivity contribution in [3.63, 3.8) is 0 Å². The third kappa shape index (κ3) is 29.4. The van der Waals surface area contributed by atoms with E-state index in [1.54, 1.807) is 0 Å². The van der Waals surface area contributed by atoms with Crippen molar-refractivity contribution in [2.24, 2.45) is 75.8 Å². The van der Waals surface area contributed by atoms with E-state index in [-0.39, 0.29) is 67.6 Å². The number of hydrogen-bond acceptors (Lipinski definition) is 36. The predicted octanol–water partition coefficient (Wildman–Crippen LogP) is 9.08. The van der Waals surface area contributed by atoms with Crippen LogP contribution in [0.4, 0.5) is 0 Å². The van der Waals surface area contributed by atoms with Crippen LogP contribution in [0.3, 0.4) is 0 Å². The van der Waals surface area contributed by atoms with Crippen molar-refractivity contribution < 1.29 is 162 Å². The van der Waals surface area contributed by atoms with Crippen molar-refractivity contribution in [3.8, 4) is 0 Å². The van der Waals surface area contributed by atoms with Crippen LogP contribution in [0.15, 0.2) is 0 Å². The first kappa shape index (κ1) is 111. The van der Waals surface area contributed by atoms with Gasteiger partial charge in [-0.2, -0.15) is 23.5 Å². The summed E-state index contributed by atoms with van der Waals surface area (Å²) in [6.07, 6.45) is -8.82. The van der Waals surface area contributed by atoms with E-state index >= 15 is 0 Å². The van der Waals surface area contributed by atoms with E-state index in [1.807, 2.05) is 0 Å². The largest absolute Gasteiger partial charge is 0.469 e. The maximum atomic E-state index is 15.0. The van der Waals surface area contributed by atoms with Crippen molar-refractivity contribution in [1.29, 1.82) is 0 Å². The van der Waals surface area contributed by atoms with E-state index in [0.717, 1.165) is 111 Å². The first-order valence-corrected chi connectivity index (χ1v) is 40.5. The van der Waals surface area contributed by atoms with Crippen LogP contribution in [0.1, 0.15) is 207 Å². The van der Waals surface area contributed by atoms with Gasteiger partial charge in [0.15, 0.2) is 0 Å². The minimum absolute atomic E-state index is 0.00385. The molecule has 0 radical (unpaired) electrons. The summed E-state index contributed by atoms with van der Waals surface area (Å²) in [5.74, 6) is -13.9. The van der Waals surface area contributed by atoms with E-state index in [1.165, 1.54) is 116 Å². The fraction of sp³-hybridized carbons (Fsp3) is 0.783. The Bertz CT molecular complexity index is 3620. The monoisotopic (exact) mass is 1740 g/mol. The zero-order valence-electron chi connectivity index (χ0n) is 75.3. The zero-order valence-corrected chi connectivity index (χ0v) is 76.9. The van der Waals surface area contributed by atoms with Gasteiger partial charge in [-0.25, -0.2) is 0 Å². The lowest BCUT2D eigenvalue weighted by molar-refractivity contribution is -0.175. The highest BCUT2D eigenvalue weighted by molar-refractivity contribution is 7.99. The molecule has 0 aliphatic carbocycles. The van der Waals surface area contributed by atoms with Crippen molar-refractivity contribution in [2.75, 3.05) is 129 Å². The van der Waals surface area contributed by atoms with Crippen molar-refractivity contribution >= 4 is 132 Å². The Kier molecular flexibility index (Phi) is 42.7. The number of thioether (sulfide) groups is 2.